The van der Waals surface area contributed by atoms with Gasteiger partial charge in [0.05, 0.1) is 0 Å². The Morgan fingerprint density at radius 2 is 1.86 bits per heavy atom. The molecule has 3 aliphatic rings. The number of halogens is 2. The molecule has 3 amide bonds. The van der Waals surface area contributed by atoms with Crippen LogP contribution in [0.5, 0.6) is 5.75 Å². The average Bonchev–Trinajstić information content (AvgIpc) is 3.15. The Kier molecular flexibility index (Phi) is 6.51. The van der Waals surface area contributed by atoms with Gasteiger partial charge in [0.15, 0.2) is 0 Å². The standard InChI is InChI=1S/C26H27F2N3O4/c27-17-6-5-15(20(28)12-17)13-29-21-3-1-2-4-23(21)35-18-7-8-19-16(11-18)14-31(26(19)34)22-9-10-24(32)30-25(22)33/h5-8,11-12,21-23,29H,1-4,9-10,13-14H2,(H,30,32,33)/t21-,22?,23-/m0/s1. The van der Waals surface area contributed by atoms with Crippen molar-refractivity contribution in [3.63, 3.8) is 0 Å². The van der Waals surface area contributed by atoms with Gasteiger partial charge in [-0.25, -0.2) is 8.78 Å². The molecule has 2 aliphatic heterocycles. The second kappa shape index (κ2) is 9.73. The first-order chi connectivity index (χ1) is 16.9. The van der Waals surface area contributed by atoms with Gasteiger partial charge in [-0.1, -0.05) is 12.5 Å². The fourth-order valence-electron chi connectivity index (χ4n) is 5.18. The Balaban J connectivity index is 1.25. The zero-order valence-corrected chi connectivity index (χ0v) is 19.2. The summed E-state index contributed by atoms with van der Waals surface area (Å²) < 4.78 is 33.5. The Hall–Kier alpha value is -3.33. The largest absolute Gasteiger partial charge is 0.489 e. The molecule has 5 rings (SSSR count). The van der Waals surface area contributed by atoms with Crippen molar-refractivity contribution in [1.82, 2.24) is 15.5 Å². The molecule has 1 saturated heterocycles. The molecule has 2 fully saturated rings. The molecule has 0 aromatic heterocycles. The number of piperidine rings is 1. The lowest BCUT2D eigenvalue weighted by Crippen LogP contribution is -2.52. The summed E-state index contributed by atoms with van der Waals surface area (Å²) in [4.78, 5) is 38.1. The summed E-state index contributed by atoms with van der Waals surface area (Å²) in [5, 5.41) is 5.67. The van der Waals surface area contributed by atoms with E-state index in [1.807, 2.05) is 6.07 Å². The number of imide groups is 1. The van der Waals surface area contributed by atoms with Crippen LogP contribution in [-0.2, 0) is 22.7 Å². The van der Waals surface area contributed by atoms with Crippen molar-refractivity contribution in [3.8, 4) is 5.75 Å². The minimum Gasteiger partial charge on any atom is -0.489 e. The minimum atomic E-state index is -0.657. The zero-order chi connectivity index (χ0) is 24.5. The molecule has 2 heterocycles. The first-order valence-corrected chi connectivity index (χ1v) is 12.0. The number of carbonyl (C=O) groups is 3. The van der Waals surface area contributed by atoms with Crippen LogP contribution in [0.15, 0.2) is 36.4 Å². The predicted molar refractivity (Wildman–Crippen MR) is 122 cm³/mol. The Labute approximate surface area is 201 Å². The molecular formula is C26H27F2N3O4. The lowest BCUT2D eigenvalue weighted by molar-refractivity contribution is -0.136. The number of hydrogen-bond donors (Lipinski definition) is 2. The smallest absolute Gasteiger partial charge is 0.255 e. The summed E-state index contributed by atoms with van der Waals surface area (Å²) in [6, 6.07) is 8.24. The van der Waals surface area contributed by atoms with Crippen molar-refractivity contribution < 1.29 is 27.9 Å². The van der Waals surface area contributed by atoms with Gasteiger partial charge in [-0.2, -0.15) is 0 Å². The number of amides is 3. The molecule has 2 aromatic carbocycles. The molecule has 1 unspecified atom stereocenters. The van der Waals surface area contributed by atoms with Gasteiger partial charge in [0.25, 0.3) is 5.91 Å². The number of nitrogens with one attached hydrogen (secondary N) is 2. The number of benzene rings is 2. The molecule has 184 valence electrons. The maximum absolute atomic E-state index is 14.0. The topological polar surface area (TPSA) is 87.7 Å². The van der Waals surface area contributed by atoms with Crippen LogP contribution < -0.4 is 15.4 Å². The zero-order valence-electron chi connectivity index (χ0n) is 19.2. The fourth-order valence-corrected chi connectivity index (χ4v) is 5.18. The summed E-state index contributed by atoms with van der Waals surface area (Å²) in [7, 11) is 0. The van der Waals surface area contributed by atoms with Crippen LogP contribution >= 0.6 is 0 Å². The summed E-state index contributed by atoms with van der Waals surface area (Å²) in [5.41, 5.74) is 1.72. The molecule has 2 N–H and O–H groups in total. The van der Waals surface area contributed by atoms with Gasteiger partial charge in [-0.05, 0) is 55.5 Å². The van der Waals surface area contributed by atoms with Crippen molar-refractivity contribution in [2.45, 2.75) is 69.8 Å². The number of hydrogen-bond acceptors (Lipinski definition) is 5. The third kappa shape index (κ3) is 4.91. The van der Waals surface area contributed by atoms with Crippen molar-refractivity contribution in [2.75, 3.05) is 0 Å². The van der Waals surface area contributed by atoms with Gasteiger partial charge in [0.2, 0.25) is 11.8 Å². The van der Waals surface area contributed by atoms with E-state index in [0.717, 1.165) is 37.3 Å². The molecule has 0 spiro atoms. The second-order valence-electron chi connectivity index (χ2n) is 9.38. The first kappa shape index (κ1) is 23.4. The predicted octanol–water partition coefficient (Wildman–Crippen LogP) is 3.21. The molecule has 1 aliphatic carbocycles. The Morgan fingerprint density at radius 1 is 1.03 bits per heavy atom. The highest BCUT2D eigenvalue weighted by Crippen LogP contribution is 2.32. The number of ether oxygens (including phenoxy) is 1. The molecule has 1 saturated carbocycles. The van der Waals surface area contributed by atoms with Crippen LogP contribution in [0.4, 0.5) is 8.78 Å². The Morgan fingerprint density at radius 3 is 2.66 bits per heavy atom. The second-order valence-corrected chi connectivity index (χ2v) is 9.38. The molecule has 7 nitrogen and oxygen atoms in total. The van der Waals surface area contributed by atoms with Crippen LogP contribution in [0.3, 0.4) is 0 Å². The molecular weight excluding hydrogens is 456 g/mol. The van der Waals surface area contributed by atoms with Crippen molar-refractivity contribution >= 4 is 17.7 Å². The van der Waals surface area contributed by atoms with Crippen molar-refractivity contribution in [1.29, 1.82) is 0 Å². The third-order valence-electron chi connectivity index (χ3n) is 7.05. The van der Waals surface area contributed by atoms with E-state index in [1.165, 1.54) is 17.0 Å². The highest BCUT2D eigenvalue weighted by atomic mass is 19.1. The van der Waals surface area contributed by atoms with E-state index in [4.69, 9.17) is 4.74 Å². The minimum absolute atomic E-state index is 0.00283. The Bertz CT molecular complexity index is 1170. The van der Waals surface area contributed by atoms with Crippen LogP contribution in [0, 0.1) is 11.6 Å². The maximum Gasteiger partial charge on any atom is 0.255 e. The van der Waals surface area contributed by atoms with E-state index >= 15 is 0 Å². The van der Waals surface area contributed by atoms with Crippen LogP contribution in [0.2, 0.25) is 0 Å². The molecule has 3 atom stereocenters. The van der Waals surface area contributed by atoms with Gasteiger partial charge in [0.1, 0.15) is 29.5 Å². The highest BCUT2D eigenvalue weighted by Gasteiger charge is 2.39. The van der Waals surface area contributed by atoms with E-state index in [0.29, 0.717) is 23.3 Å². The van der Waals surface area contributed by atoms with Gasteiger partial charge in [-0.3, -0.25) is 19.7 Å². The highest BCUT2D eigenvalue weighted by molar-refractivity contribution is 6.05. The summed E-state index contributed by atoms with van der Waals surface area (Å²) in [5.74, 6) is -1.52. The van der Waals surface area contributed by atoms with E-state index in [-0.39, 0.29) is 43.5 Å². The quantitative estimate of drug-likeness (QED) is 0.617. The van der Waals surface area contributed by atoms with E-state index in [2.05, 4.69) is 10.6 Å². The fraction of sp³-hybridized carbons (Fsp3) is 0.423. The van der Waals surface area contributed by atoms with Gasteiger partial charge >= 0.3 is 0 Å². The lowest BCUT2D eigenvalue weighted by atomic mass is 9.92. The number of rotatable bonds is 6. The van der Waals surface area contributed by atoms with E-state index in [9.17, 15) is 23.2 Å². The molecule has 2 aromatic rings. The van der Waals surface area contributed by atoms with E-state index < -0.39 is 23.6 Å². The normalized spacial score (nSPS) is 24.3. The van der Waals surface area contributed by atoms with Crippen LogP contribution in [0.25, 0.3) is 0 Å². The summed E-state index contributed by atoms with van der Waals surface area (Å²) in [6.07, 6.45) is 4.15. The average molecular weight is 484 g/mol. The van der Waals surface area contributed by atoms with Gasteiger partial charge in [0, 0.05) is 42.7 Å². The van der Waals surface area contributed by atoms with E-state index in [1.54, 1.807) is 12.1 Å². The lowest BCUT2D eigenvalue weighted by Gasteiger charge is -2.33. The maximum atomic E-state index is 14.0. The van der Waals surface area contributed by atoms with Gasteiger partial charge in [-0.15, -0.1) is 0 Å². The van der Waals surface area contributed by atoms with Gasteiger partial charge < -0.3 is 15.0 Å². The SMILES string of the molecule is O=C1CCC(N2Cc3cc(O[C@H]4CCCC[C@@H]4NCc4ccc(F)cc4F)ccc3C2=O)C(=O)N1. The monoisotopic (exact) mass is 483 g/mol. The van der Waals surface area contributed by atoms with Crippen molar-refractivity contribution in [3.05, 3.63) is 64.7 Å². The first-order valence-electron chi connectivity index (χ1n) is 12.0. The molecule has 9 heteroatoms. The molecule has 35 heavy (non-hydrogen) atoms. The third-order valence-corrected chi connectivity index (χ3v) is 7.05. The summed E-state index contributed by atoms with van der Waals surface area (Å²) >= 11 is 0. The molecule has 0 bridgehead atoms. The summed E-state index contributed by atoms with van der Waals surface area (Å²) in [6.45, 7) is 0.560. The number of nitrogens with zero attached hydrogens (tertiary/aromatic N) is 1. The van der Waals surface area contributed by atoms with Crippen molar-refractivity contribution in [2.24, 2.45) is 0 Å². The van der Waals surface area contributed by atoms with Crippen LogP contribution in [0.1, 0.15) is 60.0 Å². The number of fused-ring (bicyclic) bond motifs is 1. The molecule has 0 radical (unpaired) electrons. The number of carbonyl (C=O) groups excluding carboxylic acids is 3. The van der Waals surface area contributed by atoms with Crippen LogP contribution in [-0.4, -0.2) is 40.8 Å².